The van der Waals surface area contributed by atoms with Crippen molar-refractivity contribution in [3.05, 3.63) is 35.4 Å². The Balaban J connectivity index is 2.57. The topological polar surface area (TPSA) is 49.3 Å². The van der Waals surface area contributed by atoms with Crippen LogP contribution >= 0.6 is 11.8 Å². The van der Waals surface area contributed by atoms with Gasteiger partial charge in [-0.05, 0) is 43.6 Å². The second-order valence-electron chi connectivity index (χ2n) is 4.55. The van der Waals surface area contributed by atoms with E-state index in [4.69, 9.17) is 0 Å². The fourth-order valence-electron chi connectivity index (χ4n) is 1.42. The summed E-state index contributed by atoms with van der Waals surface area (Å²) in [6.45, 7) is 1.68. The molecule has 0 bridgehead atoms. The zero-order valence-corrected chi connectivity index (χ0v) is 11.7. The van der Waals surface area contributed by atoms with E-state index in [1.165, 1.54) is 6.07 Å². The van der Waals surface area contributed by atoms with Gasteiger partial charge in [-0.25, -0.2) is 8.78 Å². The molecule has 6 heteroatoms. The lowest BCUT2D eigenvalue weighted by Gasteiger charge is -2.23. The first-order valence-corrected chi connectivity index (χ1v) is 7.20. The Bertz CT molecular complexity index is 452. The number of aliphatic hydroxyl groups is 1. The maximum Gasteiger partial charge on any atom is 0.251 e. The van der Waals surface area contributed by atoms with Crippen LogP contribution in [0.4, 0.5) is 8.78 Å². The Morgan fingerprint density at radius 1 is 1.42 bits per heavy atom. The van der Waals surface area contributed by atoms with Gasteiger partial charge in [0.15, 0.2) is 11.6 Å². The average molecular weight is 289 g/mol. The van der Waals surface area contributed by atoms with Crippen LogP contribution in [0.25, 0.3) is 0 Å². The van der Waals surface area contributed by atoms with E-state index in [0.717, 1.165) is 17.9 Å². The maximum atomic E-state index is 13.0. The Kier molecular flexibility index (Phi) is 5.75. The summed E-state index contributed by atoms with van der Waals surface area (Å²) in [5.74, 6) is -1.83. The molecule has 0 aliphatic heterocycles. The van der Waals surface area contributed by atoms with E-state index in [1.807, 2.05) is 6.26 Å². The highest BCUT2D eigenvalue weighted by Crippen LogP contribution is 2.12. The molecule has 0 heterocycles. The number of hydrogen-bond donors (Lipinski definition) is 2. The van der Waals surface area contributed by atoms with Crippen LogP contribution in [0.5, 0.6) is 0 Å². The Morgan fingerprint density at radius 3 is 2.68 bits per heavy atom. The molecule has 0 fully saturated rings. The third kappa shape index (κ3) is 5.16. The highest BCUT2D eigenvalue weighted by Gasteiger charge is 2.21. The molecule has 0 aliphatic carbocycles. The van der Waals surface area contributed by atoms with Crippen LogP contribution in [0.3, 0.4) is 0 Å². The quantitative estimate of drug-likeness (QED) is 0.844. The first-order chi connectivity index (χ1) is 8.85. The Morgan fingerprint density at radius 2 is 2.11 bits per heavy atom. The lowest BCUT2D eigenvalue weighted by atomic mass is 10.0. The van der Waals surface area contributed by atoms with Crippen molar-refractivity contribution < 1.29 is 18.7 Å². The molecule has 0 spiro atoms. The first-order valence-electron chi connectivity index (χ1n) is 5.80. The van der Waals surface area contributed by atoms with E-state index in [0.29, 0.717) is 6.42 Å². The van der Waals surface area contributed by atoms with E-state index >= 15 is 0 Å². The van der Waals surface area contributed by atoms with Gasteiger partial charge < -0.3 is 10.4 Å². The number of amides is 1. The highest BCUT2D eigenvalue weighted by atomic mass is 32.2. The molecule has 1 aromatic carbocycles. The second-order valence-corrected chi connectivity index (χ2v) is 5.54. The number of rotatable bonds is 6. The third-order valence-electron chi connectivity index (χ3n) is 2.66. The monoisotopic (exact) mass is 289 g/mol. The molecular formula is C13H17F2NO2S. The molecule has 1 amide bonds. The number of carbonyl (C=O) groups is 1. The molecule has 0 saturated heterocycles. The Hall–Kier alpha value is -1.14. The number of nitrogens with one attached hydrogen (secondary N) is 1. The summed E-state index contributed by atoms with van der Waals surface area (Å²) in [4.78, 5) is 11.7. The summed E-state index contributed by atoms with van der Waals surface area (Å²) < 4.78 is 25.7. The van der Waals surface area contributed by atoms with Crippen LogP contribution in [0, 0.1) is 11.6 Å². The SMILES string of the molecule is CSCC[C@@](C)(O)CNC(=O)c1ccc(F)c(F)c1. The fourth-order valence-corrected chi connectivity index (χ4v) is 2.06. The fraction of sp³-hybridized carbons (Fsp3) is 0.462. The van der Waals surface area contributed by atoms with E-state index in [2.05, 4.69) is 5.32 Å². The van der Waals surface area contributed by atoms with Crippen molar-refractivity contribution in [1.29, 1.82) is 0 Å². The van der Waals surface area contributed by atoms with Crippen molar-refractivity contribution in [1.82, 2.24) is 5.32 Å². The van der Waals surface area contributed by atoms with Crippen LogP contribution in [-0.2, 0) is 0 Å². The van der Waals surface area contributed by atoms with E-state index in [9.17, 15) is 18.7 Å². The van der Waals surface area contributed by atoms with Crippen LogP contribution in [0.15, 0.2) is 18.2 Å². The summed E-state index contributed by atoms with van der Waals surface area (Å²) in [7, 11) is 0. The van der Waals surface area contributed by atoms with Crippen LogP contribution in [0.1, 0.15) is 23.7 Å². The summed E-state index contributed by atoms with van der Waals surface area (Å²) in [6.07, 6.45) is 2.46. The molecule has 0 aliphatic rings. The zero-order chi connectivity index (χ0) is 14.5. The summed E-state index contributed by atoms with van der Waals surface area (Å²) in [5.41, 5.74) is -0.989. The number of benzene rings is 1. The van der Waals surface area contributed by atoms with E-state index < -0.39 is 23.1 Å². The van der Waals surface area contributed by atoms with Gasteiger partial charge >= 0.3 is 0 Å². The molecule has 0 saturated carbocycles. The number of halogens is 2. The third-order valence-corrected chi connectivity index (χ3v) is 3.27. The van der Waals surface area contributed by atoms with Gasteiger partial charge in [-0.2, -0.15) is 11.8 Å². The normalized spacial score (nSPS) is 13.9. The number of thioether (sulfide) groups is 1. The summed E-state index contributed by atoms with van der Waals surface area (Å²) in [5, 5.41) is 12.5. The lowest BCUT2D eigenvalue weighted by molar-refractivity contribution is 0.0528. The van der Waals surface area contributed by atoms with Crippen molar-refractivity contribution >= 4 is 17.7 Å². The van der Waals surface area contributed by atoms with Gasteiger partial charge in [-0.1, -0.05) is 0 Å². The van der Waals surface area contributed by atoms with Crippen molar-refractivity contribution in [2.24, 2.45) is 0 Å². The molecule has 0 radical (unpaired) electrons. The predicted octanol–water partition coefficient (Wildman–Crippen LogP) is 2.20. The molecule has 106 valence electrons. The molecule has 1 atom stereocenters. The van der Waals surface area contributed by atoms with Crippen molar-refractivity contribution in [3.63, 3.8) is 0 Å². The van der Waals surface area contributed by atoms with Crippen molar-refractivity contribution in [2.45, 2.75) is 18.9 Å². The minimum atomic E-state index is -1.07. The van der Waals surface area contributed by atoms with Crippen LogP contribution in [-0.4, -0.2) is 35.2 Å². The van der Waals surface area contributed by atoms with Gasteiger partial charge in [0, 0.05) is 12.1 Å². The smallest absolute Gasteiger partial charge is 0.251 e. The van der Waals surface area contributed by atoms with Gasteiger partial charge in [-0.3, -0.25) is 4.79 Å². The van der Waals surface area contributed by atoms with Gasteiger partial charge in [0.25, 0.3) is 5.91 Å². The van der Waals surface area contributed by atoms with Crippen LogP contribution < -0.4 is 5.32 Å². The summed E-state index contributed by atoms with van der Waals surface area (Å²) >= 11 is 1.60. The average Bonchev–Trinajstić information content (AvgIpc) is 2.37. The highest BCUT2D eigenvalue weighted by molar-refractivity contribution is 7.98. The van der Waals surface area contributed by atoms with Crippen molar-refractivity contribution in [3.8, 4) is 0 Å². The molecule has 1 aromatic rings. The first kappa shape index (κ1) is 15.9. The largest absolute Gasteiger partial charge is 0.388 e. The molecule has 2 N–H and O–H groups in total. The summed E-state index contributed by atoms with van der Waals surface area (Å²) in [6, 6.07) is 2.93. The minimum Gasteiger partial charge on any atom is -0.388 e. The molecular weight excluding hydrogens is 272 g/mol. The molecule has 3 nitrogen and oxygen atoms in total. The van der Waals surface area contributed by atoms with Gasteiger partial charge in [0.1, 0.15) is 0 Å². The van der Waals surface area contributed by atoms with E-state index in [1.54, 1.807) is 18.7 Å². The number of hydrogen-bond acceptors (Lipinski definition) is 3. The van der Waals surface area contributed by atoms with Crippen LogP contribution in [0.2, 0.25) is 0 Å². The van der Waals surface area contributed by atoms with Crippen molar-refractivity contribution in [2.75, 3.05) is 18.6 Å². The minimum absolute atomic E-state index is 0.0274. The number of carbonyl (C=O) groups excluding carboxylic acids is 1. The van der Waals surface area contributed by atoms with Gasteiger partial charge in [0.2, 0.25) is 0 Å². The molecule has 0 unspecified atom stereocenters. The molecule has 0 aromatic heterocycles. The Labute approximate surface area is 115 Å². The predicted molar refractivity (Wildman–Crippen MR) is 72.3 cm³/mol. The van der Waals surface area contributed by atoms with Gasteiger partial charge in [-0.15, -0.1) is 0 Å². The zero-order valence-electron chi connectivity index (χ0n) is 10.9. The molecule has 19 heavy (non-hydrogen) atoms. The second kappa shape index (κ2) is 6.86. The van der Waals surface area contributed by atoms with Gasteiger partial charge in [0.05, 0.1) is 5.60 Å². The maximum absolute atomic E-state index is 13.0. The standard InChI is InChI=1S/C13H17F2NO2S/c1-13(18,5-6-19-2)8-16-12(17)9-3-4-10(14)11(15)7-9/h3-4,7,18H,5-6,8H2,1-2H3,(H,16,17)/t13-/m1/s1. The van der Waals surface area contributed by atoms with E-state index in [-0.39, 0.29) is 12.1 Å². The lowest BCUT2D eigenvalue weighted by Crippen LogP contribution is -2.41. The molecule has 1 rings (SSSR count).